The average Bonchev–Trinajstić information content (AvgIpc) is 3.21. The van der Waals surface area contributed by atoms with Gasteiger partial charge in [0.05, 0.1) is 28.4 Å². The number of likely N-dealkylation sites (tertiary alicyclic amines) is 1. The first-order valence-electron chi connectivity index (χ1n) is 9.75. The molecule has 0 N–H and O–H groups in total. The molecule has 1 amide bonds. The van der Waals surface area contributed by atoms with Crippen molar-refractivity contribution in [1.82, 2.24) is 4.90 Å². The highest BCUT2D eigenvalue weighted by Crippen LogP contribution is 2.31. The van der Waals surface area contributed by atoms with Crippen LogP contribution in [0.2, 0.25) is 0 Å². The van der Waals surface area contributed by atoms with Gasteiger partial charge in [-0.3, -0.25) is 14.4 Å². The molecule has 2 rings (SSSR count). The fraction of sp³-hybridized carbons (Fsp3) is 0.435. The summed E-state index contributed by atoms with van der Waals surface area (Å²) in [6.45, 7) is 0.609. The van der Waals surface area contributed by atoms with Gasteiger partial charge in [-0.05, 0) is 31.0 Å². The minimum atomic E-state index is -1.65. The van der Waals surface area contributed by atoms with Crippen molar-refractivity contribution in [3.63, 3.8) is 0 Å². The van der Waals surface area contributed by atoms with Gasteiger partial charge in [0.1, 0.15) is 0 Å². The minimum absolute atomic E-state index is 0.00577. The SMILES string of the molecule is COC(=O)C(CC#Cc1ccc(OC)c(OC)c1)(C/C=C/N1CCCC1=O)C(=O)OC. The van der Waals surface area contributed by atoms with Gasteiger partial charge in [0, 0.05) is 31.1 Å². The standard InChI is InChI=1S/C23H27NO7/c1-28-18-11-10-17(16-19(18)29-2)8-5-12-23(21(26)30-3,22(27)31-4)13-7-15-24-14-6-9-20(24)25/h7,10-11,15-16H,6,9,12-14H2,1-4H3/b15-7+. The first-order valence-corrected chi connectivity index (χ1v) is 9.75. The molecule has 0 saturated carbocycles. The molecule has 0 atom stereocenters. The Morgan fingerprint density at radius 1 is 1.10 bits per heavy atom. The van der Waals surface area contributed by atoms with Crippen LogP contribution in [-0.2, 0) is 23.9 Å². The summed E-state index contributed by atoms with van der Waals surface area (Å²) in [4.78, 5) is 38.6. The van der Waals surface area contributed by atoms with Crippen molar-refractivity contribution in [2.45, 2.75) is 25.7 Å². The second kappa shape index (κ2) is 11.1. The van der Waals surface area contributed by atoms with Crippen LogP contribution in [0.3, 0.4) is 0 Å². The van der Waals surface area contributed by atoms with Gasteiger partial charge in [-0.2, -0.15) is 0 Å². The molecule has 0 radical (unpaired) electrons. The lowest BCUT2D eigenvalue weighted by Gasteiger charge is -2.25. The van der Waals surface area contributed by atoms with Crippen molar-refractivity contribution in [3.8, 4) is 23.3 Å². The molecule has 8 heteroatoms. The van der Waals surface area contributed by atoms with E-state index in [9.17, 15) is 14.4 Å². The number of ether oxygens (including phenoxy) is 4. The summed E-state index contributed by atoms with van der Waals surface area (Å²) >= 11 is 0. The van der Waals surface area contributed by atoms with Crippen molar-refractivity contribution < 1.29 is 33.3 Å². The summed E-state index contributed by atoms with van der Waals surface area (Å²) in [7, 11) is 5.46. The lowest BCUT2D eigenvalue weighted by molar-refractivity contribution is -0.168. The summed E-state index contributed by atoms with van der Waals surface area (Å²) in [5, 5.41) is 0. The lowest BCUT2D eigenvalue weighted by Crippen LogP contribution is -2.40. The third kappa shape index (κ3) is 5.57. The number of rotatable bonds is 8. The van der Waals surface area contributed by atoms with Gasteiger partial charge in [-0.1, -0.05) is 17.9 Å². The van der Waals surface area contributed by atoms with Crippen LogP contribution in [0.4, 0.5) is 0 Å². The first kappa shape index (κ1) is 23.8. The molecule has 8 nitrogen and oxygen atoms in total. The summed E-state index contributed by atoms with van der Waals surface area (Å²) in [6.07, 6.45) is 4.32. The number of methoxy groups -OCH3 is 4. The van der Waals surface area contributed by atoms with Gasteiger partial charge in [-0.25, -0.2) is 0 Å². The Bertz CT molecular complexity index is 894. The molecule has 0 bridgehead atoms. The summed E-state index contributed by atoms with van der Waals surface area (Å²) in [5.41, 5.74) is -1.02. The molecule has 1 saturated heterocycles. The molecule has 1 heterocycles. The van der Waals surface area contributed by atoms with Crippen molar-refractivity contribution in [2.24, 2.45) is 5.41 Å². The lowest BCUT2D eigenvalue weighted by atomic mass is 9.81. The summed E-state index contributed by atoms with van der Waals surface area (Å²) < 4.78 is 20.3. The Morgan fingerprint density at radius 2 is 1.77 bits per heavy atom. The van der Waals surface area contributed by atoms with Crippen molar-refractivity contribution in [2.75, 3.05) is 35.0 Å². The second-order valence-corrected chi connectivity index (χ2v) is 6.89. The summed E-state index contributed by atoms with van der Waals surface area (Å²) in [6, 6.07) is 5.15. The van der Waals surface area contributed by atoms with Gasteiger partial charge in [0.2, 0.25) is 5.91 Å². The average molecular weight is 429 g/mol. The molecule has 1 aliphatic heterocycles. The number of hydrogen-bond acceptors (Lipinski definition) is 7. The predicted octanol–water partition coefficient (Wildman–Crippen LogP) is 2.30. The minimum Gasteiger partial charge on any atom is -0.493 e. The third-order valence-electron chi connectivity index (χ3n) is 5.02. The van der Waals surface area contributed by atoms with E-state index >= 15 is 0 Å². The van der Waals surface area contributed by atoms with Gasteiger partial charge in [-0.15, -0.1) is 0 Å². The topological polar surface area (TPSA) is 91.4 Å². The Balaban J connectivity index is 2.29. The number of allylic oxidation sites excluding steroid dienone is 1. The molecule has 1 aliphatic rings. The number of amides is 1. The number of esters is 2. The monoisotopic (exact) mass is 429 g/mol. The Kier molecular flexibility index (Phi) is 8.50. The Hall–Kier alpha value is -3.47. The highest BCUT2D eigenvalue weighted by atomic mass is 16.5. The van der Waals surface area contributed by atoms with Crippen molar-refractivity contribution >= 4 is 17.8 Å². The van der Waals surface area contributed by atoms with Crippen LogP contribution >= 0.6 is 0 Å². The highest BCUT2D eigenvalue weighted by Gasteiger charge is 2.47. The normalized spacial score (nSPS) is 13.5. The molecular formula is C23H27NO7. The van der Waals surface area contributed by atoms with E-state index in [1.165, 1.54) is 28.4 Å². The van der Waals surface area contributed by atoms with E-state index in [4.69, 9.17) is 18.9 Å². The molecule has 0 spiro atoms. The zero-order valence-electron chi connectivity index (χ0n) is 18.2. The zero-order chi connectivity index (χ0) is 22.9. The number of nitrogens with zero attached hydrogens (tertiary/aromatic N) is 1. The van der Waals surface area contributed by atoms with Crippen LogP contribution in [0, 0.1) is 17.3 Å². The Labute approximate surface area is 182 Å². The van der Waals surface area contributed by atoms with Gasteiger partial charge in [0.15, 0.2) is 16.9 Å². The van der Waals surface area contributed by atoms with E-state index in [-0.39, 0.29) is 18.7 Å². The van der Waals surface area contributed by atoms with Crippen LogP contribution in [0.5, 0.6) is 11.5 Å². The maximum absolute atomic E-state index is 12.6. The van der Waals surface area contributed by atoms with E-state index in [2.05, 4.69) is 11.8 Å². The molecular weight excluding hydrogens is 402 g/mol. The molecule has 166 valence electrons. The largest absolute Gasteiger partial charge is 0.493 e. The fourth-order valence-corrected chi connectivity index (χ4v) is 3.28. The van der Waals surface area contributed by atoms with Crippen LogP contribution < -0.4 is 9.47 Å². The van der Waals surface area contributed by atoms with E-state index in [0.29, 0.717) is 30.0 Å². The quantitative estimate of drug-likeness (QED) is 0.356. The fourth-order valence-electron chi connectivity index (χ4n) is 3.28. The maximum atomic E-state index is 12.6. The van der Waals surface area contributed by atoms with Crippen LogP contribution in [0.15, 0.2) is 30.5 Å². The van der Waals surface area contributed by atoms with Gasteiger partial charge in [0.25, 0.3) is 0 Å². The maximum Gasteiger partial charge on any atom is 0.324 e. The highest BCUT2D eigenvalue weighted by molar-refractivity contribution is 6.00. The van der Waals surface area contributed by atoms with Crippen LogP contribution in [-0.4, -0.2) is 57.7 Å². The number of benzene rings is 1. The zero-order valence-corrected chi connectivity index (χ0v) is 18.2. The molecule has 0 unspecified atom stereocenters. The van der Waals surface area contributed by atoms with E-state index in [0.717, 1.165) is 6.42 Å². The summed E-state index contributed by atoms with van der Waals surface area (Å²) in [5.74, 6) is 5.40. The van der Waals surface area contributed by atoms with Crippen LogP contribution in [0.1, 0.15) is 31.2 Å². The van der Waals surface area contributed by atoms with Crippen LogP contribution in [0.25, 0.3) is 0 Å². The van der Waals surface area contributed by atoms with Crippen molar-refractivity contribution in [1.29, 1.82) is 0 Å². The van der Waals surface area contributed by atoms with Gasteiger partial charge >= 0.3 is 11.9 Å². The van der Waals surface area contributed by atoms with Gasteiger partial charge < -0.3 is 23.8 Å². The molecule has 1 aromatic carbocycles. The number of carbonyl (C=O) groups is 3. The molecule has 0 aromatic heterocycles. The second-order valence-electron chi connectivity index (χ2n) is 6.89. The smallest absolute Gasteiger partial charge is 0.324 e. The van der Waals surface area contributed by atoms with E-state index in [1.807, 2.05) is 0 Å². The predicted molar refractivity (Wildman–Crippen MR) is 112 cm³/mol. The third-order valence-corrected chi connectivity index (χ3v) is 5.02. The molecule has 0 aliphatic carbocycles. The molecule has 1 fully saturated rings. The van der Waals surface area contributed by atoms with Crippen molar-refractivity contribution in [3.05, 3.63) is 36.0 Å². The number of hydrogen-bond donors (Lipinski definition) is 0. The van der Waals surface area contributed by atoms with E-state index in [1.54, 1.807) is 35.4 Å². The molecule has 1 aromatic rings. The first-order chi connectivity index (χ1) is 14.9. The number of carbonyl (C=O) groups excluding carboxylic acids is 3. The Morgan fingerprint density at radius 3 is 2.32 bits per heavy atom. The molecule has 31 heavy (non-hydrogen) atoms. The van der Waals surface area contributed by atoms with E-state index < -0.39 is 17.4 Å².